The maximum absolute atomic E-state index is 11.9. The van der Waals surface area contributed by atoms with E-state index in [0.29, 0.717) is 13.0 Å². The monoisotopic (exact) mass is 262 g/mol. The van der Waals surface area contributed by atoms with Crippen LogP contribution >= 0.6 is 0 Å². The number of anilines is 1. The van der Waals surface area contributed by atoms with Gasteiger partial charge in [-0.05, 0) is 24.6 Å². The summed E-state index contributed by atoms with van der Waals surface area (Å²) in [6.45, 7) is 6.03. The van der Waals surface area contributed by atoms with Crippen LogP contribution in [0.25, 0.3) is 0 Å². The van der Waals surface area contributed by atoms with Crippen molar-refractivity contribution >= 4 is 11.6 Å². The van der Waals surface area contributed by atoms with E-state index in [4.69, 9.17) is 4.74 Å². The molecule has 0 unspecified atom stereocenters. The van der Waals surface area contributed by atoms with Crippen LogP contribution in [0.4, 0.5) is 5.69 Å². The smallest absolute Gasteiger partial charge is 0.225 e. The lowest BCUT2D eigenvalue weighted by Crippen LogP contribution is -2.49. The summed E-state index contributed by atoms with van der Waals surface area (Å²) in [6, 6.07) is 8.52. The Morgan fingerprint density at radius 2 is 2.00 bits per heavy atom. The van der Waals surface area contributed by atoms with Crippen molar-refractivity contribution in [3.05, 3.63) is 29.8 Å². The number of carbonyl (C=O) groups excluding carboxylic acids is 1. The van der Waals surface area contributed by atoms with Crippen LogP contribution < -0.4 is 4.90 Å². The lowest BCUT2D eigenvalue weighted by Gasteiger charge is -2.36. The van der Waals surface area contributed by atoms with E-state index in [-0.39, 0.29) is 5.91 Å². The van der Waals surface area contributed by atoms with Crippen molar-refractivity contribution in [2.24, 2.45) is 0 Å². The summed E-state index contributed by atoms with van der Waals surface area (Å²) in [4.78, 5) is 16.2. The summed E-state index contributed by atoms with van der Waals surface area (Å²) in [7, 11) is 1.63. The summed E-state index contributed by atoms with van der Waals surface area (Å²) < 4.78 is 4.95. The number of piperazine rings is 1. The van der Waals surface area contributed by atoms with Gasteiger partial charge in [-0.15, -0.1) is 0 Å². The van der Waals surface area contributed by atoms with Gasteiger partial charge in [0.15, 0.2) is 0 Å². The molecule has 1 fully saturated rings. The van der Waals surface area contributed by atoms with Gasteiger partial charge < -0.3 is 14.5 Å². The molecule has 1 aliphatic heterocycles. The van der Waals surface area contributed by atoms with Crippen LogP contribution in [0.1, 0.15) is 12.0 Å². The molecule has 4 heteroatoms. The standard InChI is InChI=1S/C15H22N2O2/c1-13-4-3-5-14(12-13)16-7-9-17(10-8-16)15(18)6-11-19-2/h3-5,12H,6-11H2,1-2H3. The highest BCUT2D eigenvalue weighted by molar-refractivity contribution is 5.76. The molecule has 19 heavy (non-hydrogen) atoms. The van der Waals surface area contributed by atoms with Crippen LogP contribution in [0, 0.1) is 6.92 Å². The first-order valence-electron chi connectivity index (χ1n) is 6.79. The van der Waals surface area contributed by atoms with Crippen LogP contribution in [0.2, 0.25) is 0 Å². The van der Waals surface area contributed by atoms with E-state index in [0.717, 1.165) is 26.2 Å². The third-order valence-electron chi connectivity index (χ3n) is 3.52. The molecule has 0 aromatic heterocycles. The number of hydrogen-bond donors (Lipinski definition) is 0. The van der Waals surface area contributed by atoms with Gasteiger partial charge in [-0.2, -0.15) is 0 Å². The zero-order valence-corrected chi connectivity index (χ0v) is 11.8. The Balaban J connectivity index is 1.87. The van der Waals surface area contributed by atoms with Gasteiger partial charge in [-0.1, -0.05) is 12.1 Å². The third-order valence-corrected chi connectivity index (χ3v) is 3.52. The minimum atomic E-state index is 0.200. The lowest BCUT2D eigenvalue weighted by atomic mass is 10.2. The molecule has 2 rings (SSSR count). The number of nitrogens with zero attached hydrogens (tertiary/aromatic N) is 2. The molecule has 4 nitrogen and oxygen atoms in total. The van der Waals surface area contributed by atoms with Crippen molar-refractivity contribution in [3.8, 4) is 0 Å². The number of amides is 1. The maximum Gasteiger partial charge on any atom is 0.225 e. The topological polar surface area (TPSA) is 32.8 Å². The molecule has 0 N–H and O–H groups in total. The molecule has 0 aliphatic carbocycles. The Kier molecular flexibility index (Phi) is 4.80. The third kappa shape index (κ3) is 3.70. The van der Waals surface area contributed by atoms with Gasteiger partial charge in [0.05, 0.1) is 13.0 Å². The molecule has 0 radical (unpaired) electrons. The largest absolute Gasteiger partial charge is 0.384 e. The van der Waals surface area contributed by atoms with Crippen molar-refractivity contribution in [1.82, 2.24) is 4.90 Å². The van der Waals surface area contributed by atoms with Crippen molar-refractivity contribution in [1.29, 1.82) is 0 Å². The van der Waals surface area contributed by atoms with E-state index in [2.05, 4.69) is 36.1 Å². The summed E-state index contributed by atoms with van der Waals surface area (Å²) in [5.41, 5.74) is 2.53. The van der Waals surface area contributed by atoms with Crippen molar-refractivity contribution in [2.75, 3.05) is 44.8 Å². The Morgan fingerprint density at radius 3 is 2.63 bits per heavy atom. The number of benzene rings is 1. The van der Waals surface area contributed by atoms with Gasteiger partial charge in [0.1, 0.15) is 0 Å². The fourth-order valence-corrected chi connectivity index (χ4v) is 2.39. The zero-order valence-electron chi connectivity index (χ0n) is 11.8. The van der Waals surface area contributed by atoms with Crippen LogP contribution in [-0.2, 0) is 9.53 Å². The highest BCUT2D eigenvalue weighted by Crippen LogP contribution is 2.17. The molecule has 0 bridgehead atoms. The van der Waals surface area contributed by atoms with Crippen LogP contribution in [0.3, 0.4) is 0 Å². The van der Waals surface area contributed by atoms with Gasteiger partial charge in [0, 0.05) is 39.0 Å². The molecule has 1 amide bonds. The van der Waals surface area contributed by atoms with E-state index >= 15 is 0 Å². The summed E-state index contributed by atoms with van der Waals surface area (Å²) in [6.07, 6.45) is 0.487. The first-order valence-corrected chi connectivity index (χ1v) is 6.79. The quantitative estimate of drug-likeness (QED) is 0.827. The second kappa shape index (κ2) is 6.57. The predicted molar refractivity (Wildman–Crippen MR) is 76.5 cm³/mol. The molecule has 1 aliphatic rings. The Morgan fingerprint density at radius 1 is 1.26 bits per heavy atom. The lowest BCUT2D eigenvalue weighted by molar-refractivity contribution is -0.132. The number of ether oxygens (including phenoxy) is 1. The average molecular weight is 262 g/mol. The number of aryl methyl sites for hydroxylation is 1. The number of methoxy groups -OCH3 is 1. The van der Waals surface area contributed by atoms with E-state index < -0.39 is 0 Å². The van der Waals surface area contributed by atoms with Crippen molar-refractivity contribution in [3.63, 3.8) is 0 Å². The highest BCUT2D eigenvalue weighted by Gasteiger charge is 2.20. The number of rotatable bonds is 4. The van der Waals surface area contributed by atoms with Crippen LogP contribution in [0.15, 0.2) is 24.3 Å². The Labute approximate surface area is 115 Å². The zero-order chi connectivity index (χ0) is 13.7. The minimum absolute atomic E-state index is 0.200. The molecule has 1 saturated heterocycles. The number of carbonyl (C=O) groups is 1. The first-order chi connectivity index (χ1) is 9.20. The molecule has 0 saturated carbocycles. The SMILES string of the molecule is COCCC(=O)N1CCN(c2cccc(C)c2)CC1. The van der Waals surface area contributed by atoms with E-state index in [1.165, 1.54) is 11.3 Å². The summed E-state index contributed by atoms with van der Waals surface area (Å²) in [5, 5.41) is 0. The molecule has 0 spiro atoms. The van der Waals surface area contributed by atoms with E-state index in [1.54, 1.807) is 7.11 Å². The molecule has 1 aromatic carbocycles. The first kappa shape index (κ1) is 13.9. The van der Waals surface area contributed by atoms with E-state index in [1.807, 2.05) is 4.90 Å². The normalized spacial score (nSPS) is 15.7. The molecule has 0 atom stereocenters. The van der Waals surface area contributed by atoms with E-state index in [9.17, 15) is 4.79 Å². The Bertz CT molecular complexity index is 426. The molecule has 1 aromatic rings. The number of hydrogen-bond acceptors (Lipinski definition) is 3. The van der Waals surface area contributed by atoms with Crippen molar-refractivity contribution in [2.45, 2.75) is 13.3 Å². The molecular formula is C15H22N2O2. The average Bonchev–Trinajstić information content (AvgIpc) is 2.45. The van der Waals surface area contributed by atoms with Crippen LogP contribution in [0.5, 0.6) is 0 Å². The maximum atomic E-state index is 11.9. The minimum Gasteiger partial charge on any atom is -0.384 e. The van der Waals surface area contributed by atoms with Crippen molar-refractivity contribution < 1.29 is 9.53 Å². The Hall–Kier alpha value is -1.55. The fraction of sp³-hybridized carbons (Fsp3) is 0.533. The van der Waals surface area contributed by atoms with Gasteiger partial charge in [-0.3, -0.25) is 4.79 Å². The second-order valence-electron chi connectivity index (χ2n) is 4.95. The van der Waals surface area contributed by atoms with Gasteiger partial charge in [0.2, 0.25) is 5.91 Å². The summed E-state index contributed by atoms with van der Waals surface area (Å²) >= 11 is 0. The van der Waals surface area contributed by atoms with Gasteiger partial charge in [0.25, 0.3) is 0 Å². The molecule has 1 heterocycles. The van der Waals surface area contributed by atoms with Gasteiger partial charge in [-0.25, -0.2) is 0 Å². The molecular weight excluding hydrogens is 240 g/mol. The highest BCUT2D eigenvalue weighted by atomic mass is 16.5. The predicted octanol–water partition coefficient (Wildman–Crippen LogP) is 1.68. The van der Waals surface area contributed by atoms with Gasteiger partial charge >= 0.3 is 0 Å². The van der Waals surface area contributed by atoms with Crippen LogP contribution in [-0.4, -0.2) is 50.7 Å². The summed E-state index contributed by atoms with van der Waals surface area (Å²) in [5.74, 6) is 0.200. The second-order valence-corrected chi connectivity index (χ2v) is 4.95. The fourth-order valence-electron chi connectivity index (χ4n) is 2.39. The molecule has 104 valence electrons.